The van der Waals surface area contributed by atoms with Crippen LogP contribution in [0.2, 0.25) is 0 Å². The third kappa shape index (κ3) is 5.06. The molecule has 1 N–H and O–H groups in total. The summed E-state index contributed by atoms with van der Waals surface area (Å²) < 4.78 is 41.8. The first kappa shape index (κ1) is 15.0. The number of halogens is 3. The van der Waals surface area contributed by atoms with Crippen LogP contribution in [-0.4, -0.2) is 26.7 Å². The highest BCUT2D eigenvalue weighted by molar-refractivity contribution is 5.26. The van der Waals surface area contributed by atoms with Crippen molar-refractivity contribution in [3.63, 3.8) is 0 Å². The molecule has 1 rings (SSSR count). The summed E-state index contributed by atoms with van der Waals surface area (Å²) in [6.45, 7) is 1.47. The maximum Gasteiger partial charge on any atom is 0.261 e. The largest absolute Gasteiger partial charge is 0.375 e. The molecule has 0 saturated heterocycles. The summed E-state index contributed by atoms with van der Waals surface area (Å²) in [5, 5.41) is 3.03. The molecule has 0 aromatic heterocycles. The predicted octanol–water partition coefficient (Wildman–Crippen LogP) is 3.07. The van der Waals surface area contributed by atoms with Crippen molar-refractivity contribution >= 4 is 0 Å². The summed E-state index contributed by atoms with van der Waals surface area (Å²) in [6, 6.07) is 4.67. The lowest BCUT2D eigenvalue weighted by molar-refractivity contribution is 0.0145. The quantitative estimate of drug-likeness (QED) is 0.762. The van der Waals surface area contributed by atoms with Crippen molar-refractivity contribution in [1.29, 1.82) is 0 Å². The number of nitrogens with one attached hydrogen (secondary N) is 1. The minimum atomic E-state index is -2.45. The van der Waals surface area contributed by atoms with Crippen LogP contribution in [0.4, 0.5) is 13.2 Å². The number of hydrogen-bond acceptors (Lipinski definition) is 2. The van der Waals surface area contributed by atoms with Gasteiger partial charge in [0.1, 0.15) is 12.4 Å². The molecule has 0 saturated carbocycles. The van der Waals surface area contributed by atoms with Crippen LogP contribution >= 0.6 is 0 Å². The monoisotopic (exact) mass is 261 g/mol. The lowest BCUT2D eigenvalue weighted by atomic mass is 10.0. The maximum absolute atomic E-state index is 13.3. The molecule has 2 nitrogen and oxygen atoms in total. The van der Waals surface area contributed by atoms with Gasteiger partial charge in [-0.3, -0.25) is 0 Å². The van der Waals surface area contributed by atoms with E-state index in [0.717, 1.165) is 11.1 Å². The molecule has 0 radical (unpaired) electrons. The van der Waals surface area contributed by atoms with Gasteiger partial charge in [-0.2, -0.15) is 0 Å². The van der Waals surface area contributed by atoms with E-state index in [0.29, 0.717) is 6.42 Å². The van der Waals surface area contributed by atoms with Crippen LogP contribution in [0.3, 0.4) is 0 Å². The molecule has 18 heavy (non-hydrogen) atoms. The van der Waals surface area contributed by atoms with Crippen LogP contribution < -0.4 is 5.32 Å². The van der Waals surface area contributed by atoms with Crippen LogP contribution in [0, 0.1) is 12.7 Å². The Bertz CT molecular complexity index is 351. The van der Waals surface area contributed by atoms with Gasteiger partial charge in [0.15, 0.2) is 0 Å². The first-order valence-corrected chi connectivity index (χ1v) is 5.83. The summed E-state index contributed by atoms with van der Waals surface area (Å²) in [5.41, 5.74) is 1.63. The van der Waals surface area contributed by atoms with Gasteiger partial charge in [-0.05, 0) is 43.7 Å². The fraction of sp³-hybridized carbons (Fsp3) is 0.538. The van der Waals surface area contributed by atoms with Crippen LogP contribution in [0.15, 0.2) is 18.2 Å². The standard InChI is InChI=1S/C13H18F3NO/c1-9-5-10(7-11(14)6-9)12(17-2)3-4-18-8-13(15)16/h5-7,12-13,17H,3-4,8H2,1-2H3. The summed E-state index contributed by atoms with van der Waals surface area (Å²) >= 11 is 0. The highest BCUT2D eigenvalue weighted by atomic mass is 19.3. The topological polar surface area (TPSA) is 21.3 Å². The van der Waals surface area contributed by atoms with Crippen molar-refractivity contribution in [1.82, 2.24) is 5.32 Å². The van der Waals surface area contributed by atoms with Crippen LogP contribution in [0.25, 0.3) is 0 Å². The summed E-state index contributed by atoms with van der Waals surface area (Å²) in [7, 11) is 1.75. The molecule has 1 atom stereocenters. The lowest BCUT2D eigenvalue weighted by Crippen LogP contribution is -2.19. The Morgan fingerprint density at radius 1 is 1.28 bits per heavy atom. The Morgan fingerprint density at radius 2 is 2.00 bits per heavy atom. The fourth-order valence-corrected chi connectivity index (χ4v) is 1.82. The normalized spacial score (nSPS) is 13.0. The first-order valence-electron chi connectivity index (χ1n) is 5.83. The Hall–Kier alpha value is -1.07. The molecule has 102 valence electrons. The molecule has 0 fully saturated rings. The maximum atomic E-state index is 13.3. The highest BCUT2D eigenvalue weighted by Crippen LogP contribution is 2.19. The zero-order valence-electron chi connectivity index (χ0n) is 10.6. The smallest absolute Gasteiger partial charge is 0.261 e. The van der Waals surface area contributed by atoms with Crippen molar-refractivity contribution in [2.24, 2.45) is 0 Å². The molecule has 1 aromatic rings. The first-order chi connectivity index (χ1) is 8.52. The average Bonchev–Trinajstić information content (AvgIpc) is 2.27. The lowest BCUT2D eigenvalue weighted by Gasteiger charge is -2.17. The van der Waals surface area contributed by atoms with E-state index >= 15 is 0 Å². The summed E-state index contributed by atoms with van der Waals surface area (Å²) in [5.74, 6) is -0.293. The molecule has 5 heteroatoms. The van der Waals surface area contributed by atoms with E-state index in [1.165, 1.54) is 12.1 Å². The molecular weight excluding hydrogens is 243 g/mol. The molecule has 0 aliphatic carbocycles. The number of rotatable bonds is 7. The van der Waals surface area contributed by atoms with Gasteiger partial charge in [-0.25, -0.2) is 13.2 Å². The van der Waals surface area contributed by atoms with Gasteiger partial charge in [-0.1, -0.05) is 6.07 Å². The van der Waals surface area contributed by atoms with Gasteiger partial charge >= 0.3 is 0 Å². The van der Waals surface area contributed by atoms with E-state index < -0.39 is 13.0 Å². The minimum Gasteiger partial charge on any atom is -0.375 e. The molecule has 0 aliphatic rings. The van der Waals surface area contributed by atoms with Gasteiger partial charge in [-0.15, -0.1) is 0 Å². The van der Waals surface area contributed by atoms with E-state index in [9.17, 15) is 13.2 Å². The van der Waals surface area contributed by atoms with E-state index in [1.807, 2.05) is 13.0 Å². The Morgan fingerprint density at radius 3 is 2.56 bits per heavy atom. The zero-order valence-corrected chi connectivity index (χ0v) is 10.6. The van der Waals surface area contributed by atoms with E-state index in [4.69, 9.17) is 4.74 Å². The molecular formula is C13H18F3NO. The summed E-state index contributed by atoms with van der Waals surface area (Å²) in [4.78, 5) is 0. The van der Waals surface area contributed by atoms with Crippen molar-refractivity contribution in [2.45, 2.75) is 25.8 Å². The van der Waals surface area contributed by atoms with Gasteiger partial charge in [0, 0.05) is 12.6 Å². The number of ether oxygens (including phenoxy) is 1. The van der Waals surface area contributed by atoms with Crippen molar-refractivity contribution in [2.75, 3.05) is 20.3 Å². The van der Waals surface area contributed by atoms with Crippen molar-refractivity contribution in [3.05, 3.63) is 35.1 Å². The van der Waals surface area contributed by atoms with E-state index in [2.05, 4.69) is 5.32 Å². The zero-order chi connectivity index (χ0) is 13.5. The van der Waals surface area contributed by atoms with Gasteiger partial charge in [0.05, 0.1) is 0 Å². The molecule has 1 aromatic carbocycles. The predicted molar refractivity (Wildman–Crippen MR) is 64.4 cm³/mol. The Kier molecular flexibility index (Phi) is 6.15. The number of alkyl halides is 2. The van der Waals surface area contributed by atoms with Crippen molar-refractivity contribution in [3.8, 4) is 0 Å². The molecule has 0 heterocycles. The number of aryl methyl sites for hydroxylation is 1. The highest BCUT2D eigenvalue weighted by Gasteiger charge is 2.11. The molecule has 0 bridgehead atoms. The Balaban J connectivity index is 2.54. The summed E-state index contributed by atoms with van der Waals surface area (Å²) in [6.07, 6.45) is -1.93. The van der Waals surface area contributed by atoms with Crippen molar-refractivity contribution < 1.29 is 17.9 Å². The second-order valence-corrected chi connectivity index (χ2v) is 4.16. The average molecular weight is 261 g/mol. The van der Waals surface area contributed by atoms with E-state index in [-0.39, 0.29) is 18.5 Å². The van der Waals surface area contributed by atoms with E-state index in [1.54, 1.807) is 7.05 Å². The number of benzene rings is 1. The third-order valence-corrected chi connectivity index (χ3v) is 2.61. The molecule has 0 amide bonds. The second kappa shape index (κ2) is 7.38. The number of hydrogen-bond donors (Lipinski definition) is 1. The second-order valence-electron chi connectivity index (χ2n) is 4.16. The van der Waals surface area contributed by atoms with Gasteiger partial charge in [0.25, 0.3) is 6.43 Å². The third-order valence-electron chi connectivity index (χ3n) is 2.61. The Labute approximate surface area is 105 Å². The van der Waals surface area contributed by atoms with Crippen LogP contribution in [0.5, 0.6) is 0 Å². The van der Waals surface area contributed by atoms with Gasteiger partial charge in [0.2, 0.25) is 0 Å². The van der Waals surface area contributed by atoms with Crippen LogP contribution in [0.1, 0.15) is 23.6 Å². The van der Waals surface area contributed by atoms with Crippen LogP contribution in [-0.2, 0) is 4.74 Å². The molecule has 1 unspecified atom stereocenters. The SMILES string of the molecule is CNC(CCOCC(F)F)c1cc(C)cc(F)c1. The molecule has 0 aliphatic heterocycles. The fourth-order valence-electron chi connectivity index (χ4n) is 1.82. The molecule has 0 spiro atoms. The minimum absolute atomic E-state index is 0.0999. The van der Waals surface area contributed by atoms with Gasteiger partial charge < -0.3 is 10.1 Å².